The second kappa shape index (κ2) is 4.24. The van der Waals surface area contributed by atoms with Gasteiger partial charge < -0.3 is 14.7 Å². The first kappa shape index (κ1) is 11.1. The van der Waals surface area contributed by atoms with E-state index in [0.29, 0.717) is 25.3 Å². The minimum atomic E-state index is -0.596. The van der Waals surface area contributed by atoms with Crippen LogP contribution in [0.3, 0.4) is 0 Å². The summed E-state index contributed by atoms with van der Waals surface area (Å²) in [7, 11) is 2.17. The highest BCUT2D eigenvalue weighted by atomic mass is 16.5. The minimum absolute atomic E-state index is 0.458. The van der Waals surface area contributed by atoms with Crippen molar-refractivity contribution in [1.29, 1.82) is 0 Å². The Kier molecular flexibility index (Phi) is 3.14. The molecule has 1 N–H and O–H groups in total. The van der Waals surface area contributed by atoms with Crippen LogP contribution in [0.1, 0.15) is 25.7 Å². The Balaban J connectivity index is 1.91. The second-order valence-corrected chi connectivity index (χ2v) is 4.99. The van der Waals surface area contributed by atoms with Crippen LogP contribution in [-0.4, -0.2) is 48.0 Å². The fourth-order valence-electron chi connectivity index (χ4n) is 2.99. The quantitative estimate of drug-likeness (QED) is 0.560. The van der Waals surface area contributed by atoms with E-state index in [1.54, 1.807) is 6.08 Å². The number of aliphatic hydroxyl groups is 1. The van der Waals surface area contributed by atoms with Gasteiger partial charge in [0.15, 0.2) is 0 Å². The maximum absolute atomic E-state index is 10.4. The second-order valence-electron chi connectivity index (χ2n) is 4.99. The molecule has 3 heteroatoms. The van der Waals surface area contributed by atoms with Crippen LogP contribution in [0.2, 0.25) is 0 Å². The highest BCUT2D eigenvalue weighted by Crippen LogP contribution is 2.39. The minimum Gasteiger partial charge on any atom is -0.387 e. The highest BCUT2D eigenvalue weighted by molar-refractivity contribution is 5.00. The van der Waals surface area contributed by atoms with E-state index < -0.39 is 5.60 Å². The van der Waals surface area contributed by atoms with Crippen LogP contribution in [0.5, 0.6) is 0 Å². The third kappa shape index (κ3) is 2.25. The molecule has 2 aliphatic heterocycles. The van der Waals surface area contributed by atoms with Gasteiger partial charge in [0.25, 0.3) is 0 Å². The van der Waals surface area contributed by atoms with E-state index in [9.17, 15) is 5.11 Å². The molecule has 0 radical (unpaired) electrons. The zero-order valence-corrected chi connectivity index (χ0v) is 9.48. The zero-order chi connectivity index (χ0) is 10.9. The van der Waals surface area contributed by atoms with Gasteiger partial charge in [0, 0.05) is 12.1 Å². The summed E-state index contributed by atoms with van der Waals surface area (Å²) in [5.41, 5.74) is -0.596. The summed E-state index contributed by atoms with van der Waals surface area (Å²) < 4.78 is 5.40. The van der Waals surface area contributed by atoms with Crippen LogP contribution in [0.15, 0.2) is 12.7 Å². The maximum Gasteiger partial charge on any atom is 0.0910 e. The van der Waals surface area contributed by atoms with Crippen LogP contribution in [0, 0.1) is 0 Å². The lowest BCUT2D eigenvalue weighted by molar-refractivity contribution is -0.0925. The predicted molar refractivity (Wildman–Crippen MR) is 59.8 cm³/mol. The summed E-state index contributed by atoms with van der Waals surface area (Å²) >= 11 is 0. The molecule has 2 aliphatic rings. The number of fused-ring (bicyclic) bond motifs is 2. The molecule has 2 fully saturated rings. The molecular formula is C12H21NO2. The topological polar surface area (TPSA) is 32.7 Å². The van der Waals surface area contributed by atoms with E-state index in [2.05, 4.69) is 18.5 Å². The molecule has 0 aromatic rings. The first-order valence-electron chi connectivity index (χ1n) is 5.77. The van der Waals surface area contributed by atoms with Gasteiger partial charge in [-0.3, -0.25) is 0 Å². The Morgan fingerprint density at radius 1 is 1.47 bits per heavy atom. The van der Waals surface area contributed by atoms with E-state index in [4.69, 9.17) is 4.74 Å². The molecule has 0 saturated carbocycles. The van der Waals surface area contributed by atoms with Crippen molar-refractivity contribution in [3.05, 3.63) is 12.7 Å². The third-order valence-corrected chi connectivity index (χ3v) is 3.82. The third-order valence-electron chi connectivity index (χ3n) is 3.82. The standard InChI is InChI=1S/C12H21NO2/c1-3-6-15-9-12(14)7-10-4-5-11(8-12)13(10)2/h3,10-11,14H,1,4-9H2,2H3. The predicted octanol–water partition coefficient (Wildman–Crippen LogP) is 1.18. The number of piperidine rings is 1. The average molecular weight is 211 g/mol. The molecule has 0 aromatic heterocycles. The molecule has 2 atom stereocenters. The van der Waals surface area contributed by atoms with Crippen LogP contribution >= 0.6 is 0 Å². The molecule has 15 heavy (non-hydrogen) atoms. The van der Waals surface area contributed by atoms with Crippen LogP contribution < -0.4 is 0 Å². The van der Waals surface area contributed by atoms with Crippen molar-refractivity contribution in [1.82, 2.24) is 4.90 Å². The lowest BCUT2D eigenvalue weighted by Crippen LogP contribution is -2.51. The summed E-state index contributed by atoms with van der Waals surface area (Å²) in [5.74, 6) is 0. The Morgan fingerprint density at radius 2 is 2.07 bits per heavy atom. The first-order chi connectivity index (χ1) is 7.14. The molecule has 86 valence electrons. The van der Waals surface area contributed by atoms with Gasteiger partial charge in [0.1, 0.15) is 0 Å². The van der Waals surface area contributed by atoms with Gasteiger partial charge in [-0.15, -0.1) is 6.58 Å². The van der Waals surface area contributed by atoms with Crippen molar-refractivity contribution in [2.24, 2.45) is 0 Å². The van der Waals surface area contributed by atoms with Crippen molar-refractivity contribution in [2.45, 2.75) is 43.4 Å². The zero-order valence-electron chi connectivity index (χ0n) is 9.48. The summed E-state index contributed by atoms with van der Waals surface area (Å²) in [6, 6.07) is 1.11. The number of hydrogen-bond acceptors (Lipinski definition) is 3. The van der Waals surface area contributed by atoms with Gasteiger partial charge in [0.05, 0.1) is 18.8 Å². The van der Waals surface area contributed by atoms with Crippen molar-refractivity contribution in [3.8, 4) is 0 Å². The van der Waals surface area contributed by atoms with E-state index in [-0.39, 0.29) is 0 Å². The molecule has 0 aromatic carbocycles. The molecule has 0 spiro atoms. The lowest BCUT2D eigenvalue weighted by atomic mass is 9.87. The molecule has 2 rings (SSSR count). The number of ether oxygens (including phenoxy) is 1. The maximum atomic E-state index is 10.4. The number of nitrogens with zero attached hydrogens (tertiary/aromatic N) is 1. The van der Waals surface area contributed by atoms with Crippen LogP contribution in [0.25, 0.3) is 0 Å². The highest BCUT2D eigenvalue weighted by Gasteiger charge is 2.45. The van der Waals surface area contributed by atoms with E-state index in [1.807, 2.05) is 0 Å². The van der Waals surface area contributed by atoms with Gasteiger partial charge in [-0.05, 0) is 32.7 Å². The van der Waals surface area contributed by atoms with Crippen molar-refractivity contribution < 1.29 is 9.84 Å². The first-order valence-corrected chi connectivity index (χ1v) is 5.77. The smallest absolute Gasteiger partial charge is 0.0910 e. The summed E-state index contributed by atoms with van der Waals surface area (Å²) in [5, 5.41) is 10.4. The van der Waals surface area contributed by atoms with Crippen molar-refractivity contribution >= 4 is 0 Å². The van der Waals surface area contributed by atoms with Gasteiger partial charge >= 0.3 is 0 Å². The van der Waals surface area contributed by atoms with Gasteiger partial charge in [-0.25, -0.2) is 0 Å². The Morgan fingerprint density at radius 3 is 2.60 bits per heavy atom. The van der Waals surface area contributed by atoms with Gasteiger partial charge in [-0.2, -0.15) is 0 Å². The fourth-order valence-corrected chi connectivity index (χ4v) is 2.99. The molecule has 2 unspecified atom stereocenters. The summed E-state index contributed by atoms with van der Waals surface area (Å²) in [6.07, 6.45) is 5.90. The lowest BCUT2D eigenvalue weighted by Gasteiger charge is -2.41. The number of hydrogen-bond donors (Lipinski definition) is 1. The van der Waals surface area contributed by atoms with Crippen LogP contribution in [-0.2, 0) is 4.74 Å². The fraction of sp³-hybridized carbons (Fsp3) is 0.833. The SMILES string of the molecule is C=CCOCC1(O)CC2CCC(C1)N2C. The Bertz CT molecular complexity index is 228. The van der Waals surface area contributed by atoms with Crippen LogP contribution in [0.4, 0.5) is 0 Å². The number of rotatable bonds is 4. The van der Waals surface area contributed by atoms with E-state index in [1.165, 1.54) is 12.8 Å². The summed E-state index contributed by atoms with van der Waals surface area (Å²) in [6.45, 7) is 4.60. The molecule has 2 heterocycles. The average Bonchev–Trinajstić information content (AvgIpc) is 2.44. The van der Waals surface area contributed by atoms with Crippen molar-refractivity contribution in [2.75, 3.05) is 20.3 Å². The molecule has 2 saturated heterocycles. The van der Waals surface area contributed by atoms with E-state index >= 15 is 0 Å². The molecular weight excluding hydrogens is 190 g/mol. The molecule has 2 bridgehead atoms. The summed E-state index contributed by atoms with van der Waals surface area (Å²) in [4.78, 5) is 2.42. The molecule has 3 nitrogen and oxygen atoms in total. The largest absolute Gasteiger partial charge is 0.387 e. The Labute approximate surface area is 91.7 Å². The normalized spacial score (nSPS) is 40.7. The Hall–Kier alpha value is -0.380. The van der Waals surface area contributed by atoms with Gasteiger partial charge in [-0.1, -0.05) is 6.08 Å². The van der Waals surface area contributed by atoms with Gasteiger partial charge in [0.2, 0.25) is 0 Å². The van der Waals surface area contributed by atoms with E-state index in [0.717, 1.165) is 12.8 Å². The molecule has 0 amide bonds. The van der Waals surface area contributed by atoms with Crippen molar-refractivity contribution in [3.63, 3.8) is 0 Å². The monoisotopic (exact) mass is 211 g/mol. The molecule has 0 aliphatic carbocycles.